The summed E-state index contributed by atoms with van der Waals surface area (Å²) >= 11 is 0. The van der Waals surface area contributed by atoms with Crippen LogP contribution < -0.4 is 15.2 Å². The zero-order chi connectivity index (χ0) is 21.5. The van der Waals surface area contributed by atoms with Crippen LogP contribution in [0.2, 0.25) is 0 Å². The maximum absolute atomic E-state index is 6.12. The maximum atomic E-state index is 6.12. The van der Waals surface area contributed by atoms with Gasteiger partial charge in [0.1, 0.15) is 12.4 Å². The molecule has 0 aromatic carbocycles. The SMILES string of the molecule is COc1cc(C2OCCO2)c(OCc2cccnc2C(=NC(C)C)/C(C)=C\N)cn1. The van der Waals surface area contributed by atoms with E-state index in [-0.39, 0.29) is 12.6 Å². The molecule has 2 N–H and O–H groups in total. The molecular formula is C22H28N4O4. The Morgan fingerprint density at radius 2 is 2.10 bits per heavy atom. The molecule has 0 radical (unpaired) electrons. The average molecular weight is 412 g/mol. The van der Waals surface area contributed by atoms with Crippen LogP contribution in [0.4, 0.5) is 0 Å². The number of rotatable bonds is 8. The molecule has 1 fully saturated rings. The van der Waals surface area contributed by atoms with Crippen LogP contribution in [0.1, 0.15) is 43.9 Å². The second-order valence-corrected chi connectivity index (χ2v) is 7.06. The van der Waals surface area contributed by atoms with Crippen LogP contribution in [0.5, 0.6) is 11.6 Å². The molecular weight excluding hydrogens is 384 g/mol. The minimum absolute atomic E-state index is 0.0970. The maximum Gasteiger partial charge on any atom is 0.213 e. The number of hydrogen-bond donors (Lipinski definition) is 1. The van der Waals surface area contributed by atoms with Gasteiger partial charge in [0, 0.05) is 23.9 Å². The number of ether oxygens (including phenoxy) is 4. The van der Waals surface area contributed by atoms with Crippen molar-refractivity contribution in [2.45, 2.75) is 39.7 Å². The molecule has 1 aliphatic heterocycles. The third-order valence-electron chi connectivity index (χ3n) is 4.47. The Morgan fingerprint density at radius 1 is 1.33 bits per heavy atom. The smallest absolute Gasteiger partial charge is 0.213 e. The summed E-state index contributed by atoms with van der Waals surface area (Å²) in [6, 6.07) is 5.69. The van der Waals surface area contributed by atoms with Crippen molar-refractivity contribution >= 4 is 5.71 Å². The van der Waals surface area contributed by atoms with Crippen LogP contribution in [0.3, 0.4) is 0 Å². The van der Waals surface area contributed by atoms with Gasteiger partial charge in [0.25, 0.3) is 0 Å². The van der Waals surface area contributed by atoms with E-state index in [0.717, 1.165) is 28.1 Å². The molecule has 3 heterocycles. The zero-order valence-electron chi connectivity index (χ0n) is 17.8. The molecule has 2 aromatic rings. The fourth-order valence-electron chi connectivity index (χ4n) is 3.00. The summed E-state index contributed by atoms with van der Waals surface area (Å²) in [6.07, 6.45) is 4.38. The number of hydrogen-bond acceptors (Lipinski definition) is 8. The van der Waals surface area contributed by atoms with Crippen molar-refractivity contribution in [3.8, 4) is 11.6 Å². The first-order chi connectivity index (χ1) is 14.5. The molecule has 160 valence electrons. The molecule has 8 nitrogen and oxygen atoms in total. The van der Waals surface area contributed by atoms with E-state index in [1.54, 1.807) is 31.8 Å². The number of nitrogens with two attached hydrogens (primary N) is 1. The molecule has 8 heteroatoms. The minimum Gasteiger partial charge on any atom is -0.487 e. The van der Waals surface area contributed by atoms with E-state index in [0.29, 0.717) is 24.8 Å². The zero-order valence-corrected chi connectivity index (χ0v) is 17.8. The van der Waals surface area contributed by atoms with Crippen LogP contribution in [-0.2, 0) is 16.1 Å². The summed E-state index contributed by atoms with van der Waals surface area (Å²) < 4.78 is 22.6. The highest BCUT2D eigenvalue weighted by atomic mass is 16.7. The predicted molar refractivity (Wildman–Crippen MR) is 114 cm³/mol. The molecule has 1 aliphatic rings. The van der Waals surface area contributed by atoms with Gasteiger partial charge in [-0.3, -0.25) is 9.98 Å². The lowest BCUT2D eigenvalue weighted by Crippen LogP contribution is -2.14. The Labute approximate surface area is 176 Å². The molecule has 0 unspecified atom stereocenters. The molecule has 0 spiro atoms. The van der Waals surface area contributed by atoms with Crippen molar-refractivity contribution in [2.75, 3.05) is 20.3 Å². The third-order valence-corrected chi connectivity index (χ3v) is 4.47. The van der Waals surface area contributed by atoms with Crippen molar-refractivity contribution in [3.05, 3.63) is 59.2 Å². The molecule has 0 bridgehead atoms. The average Bonchev–Trinajstić information content (AvgIpc) is 3.30. The van der Waals surface area contributed by atoms with Crippen molar-refractivity contribution in [3.63, 3.8) is 0 Å². The van der Waals surface area contributed by atoms with Gasteiger partial charge in [-0.25, -0.2) is 4.98 Å². The summed E-state index contributed by atoms with van der Waals surface area (Å²) in [7, 11) is 1.56. The molecule has 0 saturated carbocycles. The number of allylic oxidation sites excluding steroid dienone is 1. The Morgan fingerprint density at radius 3 is 2.77 bits per heavy atom. The van der Waals surface area contributed by atoms with Crippen molar-refractivity contribution in [2.24, 2.45) is 10.7 Å². The quantitative estimate of drug-likeness (QED) is 0.665. The van der Waals surface area contributed by atoms with Crippen LogP contribution in [0.25, 0.3) is 0 Å². The van der Waals surface area contributed by atoms with E-state index in [4.69, 9.17) is 29.7 Å². The standard InChI is InChI=1S/C22H28N4O4/c1-14(2)26-20(15(3)11-23)21-16(6-5-7-24-21)13-30-18-12-25-19(27-4)10-17(18)22-28-8-9-29-22/h5-7,10-12,14,22H,8-9,13,23H2,1-4H3/b15-11-,26-20?. The van der Waals surface area contributed by atoms with Gasteiger partial charge in [0.05, 0.1) is 43.5 Å². The largest absolute Gasteiger partial charge is 0.487 e. The molecule has 0 atom stereocenters. The normalized spacial score (nSPS) is 15.6. The first-order valence-electron chi connectivity index (χ1n) is 9.84. The lowest BCUT2D eigenvalue weighted by molar-refractivity contribution is -0.0460. The van der Waals surface area contributed by atoms with Gasteiger partial charge in [0.15, 0.2) is 6.29 Å². The fourth-order valence-corrected chi connectivity index (χ4v) is 3.00. The van der Waals surface area contributed by atoms with E-state index in [1.807, 2.05) is 32.9 Å². The third kappa shape index (κ3) is 5.14. The van der Waals surface area contributed by atoms with Gasteiger partial charge in [-0.05, 0) is 38.6 Å². The van der Waals surface area contributed by atoms with E-state index < -0.39 is 6.29 Å². The Bertz CT molecular complexity index is 921. The highest BCUT2D eigenvalue weighted by molar-refractivity contribution is 6.11. The Hall–Kier alpha value is -2.97. The second kappa shape index (κ2) is 10.2. The molecule has 3 rings (SSSR count). The van der Waals surface area contributed by atoms with E-state index in [2.05, 4.69) is 9.97 Å². The van der Waals surface area contributed by atoms with E-state index in [9.17, 15) is 0 Å². The lowest BCUT2D eigenvalue weighted by Gasteiger charge is -2.17. The predicted octanol–water partition coefficient (Wildman–Crippen LogP) is 3.17. The molecule has 0 amide bonds. The number of aromatic nitrogens is 2. The van der Waals surface area contributed by atoms with Gasteiger partial charge >= 0.3 is 0 Å². The van der Waals surface area contributed by atoms with Crippen LogP contribution in [-0.4, -0.2) is 42.0 Å². The molecule has 1 saturated heterocycles. The topological polar surface area (TPSA) is 101 Å². The van der Waals surface area contributed by atoms with Gasteiger partial charge in [-0.15, -0.1) is 0 Å². The summed E-state index contributed by atoms with van der Waals surface area (Å²) in [6.45, 7) is 7.27. The highest BCUT2D eigenvalue weighted by Gasteiger charge is 2.24. The summed E-state index contributed by atoms with van der Waals surface area (Å²) in [4.78, 5) is 13.5. The van der Waals surface area contributed by atoms with Crippen molar-refractivity contribution in [1.29, 1.82) is 0 Å². The molecule has 0 aliphatic carbocycles. The summed E-state index contributed by atoms with van der Waals surface area (Å²) in [5, 5.41) is 0. The van der Waals surface area contributed by atoms with Gasteiger partial charge in [-0.1, -0.05) is 6.07 Å². The molecule has 30 heavy (non-hydrogen) atoms. The summed E-state index contributed by atoms with van der Waals surface area (Å²) in [5.74, 6) is 1.03. The highest BCUT2D eigenvalue weighted by Crippen LogP contribution is 2.33. The minimum atomic E-state index is -0.509. The van der Waals surface area contributed by atoms with Crippen LogP contribution in [0.15, 0.2) is 47.4 Å². The monoisotopic (exact) mass is 412 g/mol. The first kappa shape index (κ1) is 21.7. The number of methoxy groups -OCH3 is 1. The summed E-state index contributed by atoms with van der Waals surface area (Å²) in [5.41, 5.74) is 9.73. The first-order valence-corrected chi connectivity index (χ1v) is 9.84. The van der Waals surface area contributed by atoms with Gasteiger partial charge in [0.2, 0.25) is 5.88 Å². The van der Waals surface area contributed by atoms with E-state index in [1.165, 1.54) is 0 Å². The van der Waals surface area contributed by atoms with Crippen molar-refractivity contribution < 1.29 is 18.9 Å². The van der Waals surface area contributed by atoms with Crippen LogP contribution in [0, 0.1) is 0 Å². The lowest BCUT2D eigenvalue weighted by atomic mass is 10.0. The van der Waals surface area contributed by atoms with Gasteiger partial charge in [-0.2, -0.15) is 0 Å². The molecule has 2 aromatic heterocycles. The van der Waals surface area contributed by atoms with Gasteiger partial charge < -0.3 is 24.7 Å². The fraction of sp³-hybridized carbons (Fsp3) is 0.409. The number of pyridine rings is 2. The Kier molecular flexibility index (Phi) is 7.37. The Balaban J connectivity index is 1.90. The number of aliphatic imine (C=N–C) groups is 1. The number of nitrogens with zero attached hydrogens (tertiary/aromatic N) is 3. The van der Waals surface area contributed by atoms with E-state index >= 15 is 0 Å². The van der Waals surface area contributed by atoms with Crippen LogP contribution >= 0.6 is 0 Å². The second-order valence-electron chi connectivity index (χ2n) is 7.06. The van der Waals surface area contributed by atoms with Crippen molar-refractivity contribution in [1.82, 2.24) is 9.97 Å².